The van der Waals surface area contributed by atoms with Crippen molar-refractivity contribution in [2.24, 2.45) is 0 Å². The van der Waals surface area contributed by atoms with Gasteiger partial charge in [0.25, 0.3) is 0 Å². The van der Waals surface area contributed by atoms with Crippen LogP contribution < -0.4 is 9.64 Å². The van der Waals surface area contributed by atoms with Crippen molar-refractivity contribution in [2.45, 2.75) is 81.3 Å². The van der Waals surface area contributed by atoms with Crippen molar-refractivity contribution in [3.05, 3.63) is 34.1 Å². The van der Waals surface area contributed by atoms with Gasteiger partial charge in [-0.2, -0.15) is 20.2 Å². The highest BCUT2D eigenvalue weighted by Gasteiger charge is 2.52. The number of H-pyrrole nitrogens is 2. The van der Waals surface area contributed by atoms with Gasteiger partial charge in [0.2, 0.25) is 0 Å². The number of anilines is 1. The number of nitrogens with zero attached hydrogens (tertiary/aromatic N) is 6. The summed E-state index contributed by atoms with van der Waals surface area (Å²) in [7, 11) is 0. The lowest BCUT2D eigenvalue weighted by molar-refractivity contribution is -0.0123. The van der Waals surface area contributed by atoms with Crippen LogP contribution in [0.2, 0.25) is 5.02 Å². The van der Waals surface area contributed by atoms with Gasteiger partial charge in [-0.3, -0.25) is 15.1 Å². The molecule has 3 saturated heterocycles. The Morgan fingerprint density at radius 1 is 1.12 bits per heavy atom. The molecular formula is C34H39ClF2N8O3. The second-order valence-electron chi connectivity index (χ2n) is 15.2. The van der Waals surface area contributed by atoms with E-state index in [1.54, 1.807) is 19.2 Å². The van der Waals surface area contributed by atoms with E-state index in [0.717, 1.165) is 35.9 Å². The SMILES string of the molecule is CC1(C)c2nc(OC[C@@]34CCCN3C[C@H](F)C4)nc(N3CCOC[C@@](C)(O)C3)c2-c2n[nH]c(-c3c(C4(F)CC4)c(Cl)cc4[nH]ncc34)c21. The monoisotopic (exact) mass is 680 g/mol. The van der Waals surface area contributed by atoms with Gasteiger partial charge in [-0.1, -0.05) is 11.6 Å². The lowest BCUT2D eigenvalue weighted by Crippen LogP contribution is -2.44. The van der Waals surface area contributed by atoms with E-state index in [-0.39, 0.29) is 31.3 Å². The Kier molecular flexibility index (Phi) is 6.59. The highest BCUT2D eigenvalue weighted by atomic mass is 35.5. The molecule has 0 radical (unpaired) electrons. The van der Waals surface area contributed by atoms with Gasteiger partial charge in [-0.15, -0.1) is 0 Å². The molecule has 5 aliphatic rings. The number of fused-ring (bicyclic) bond motifs is 5. The molecule has 0 amide bonds. The molecule has 0 bridgehead atoms. The van der Waals surface area contributed by atoms with E-state index in [1.165, 1.54) is 0 Å². The maximum absolute atomic E-state index is 16.1. The summed E-state index contributed by atoms with van der Waals surface area (Å²) in [5.74, 6) is 0.574. The largest absolute Gasteiger partial charge is 0.461 e. The molecule has 1 aromatic carbocycles. The normalized spacial score (nSPS) is 28.8. The third-order valence-electron chi connectivity index (χ3n) is 11.2. The fourth-order valence-electron chi connectivity index (χ4n) is 8.77. The first-order chi connectivity index (χ1) is 22.9. The summed E-state index contributed by atoms with van der Waals surface area (Å²) in [5.41, 5.74) is 1.59. The van der Waals surface area contributed by atoms with E-state index in [0.29, 0.717) is 83.5 Å². The van der Waals surface area contributed by atoms with Crippen LogP contribution in [0.3, 0.4) is 0 Å². The Morgan fingerprint density at radius 3 is 2.77 bits per heavy atom. The molecule has 6 heterocycles. The van der Waals surface area contributed by atoms with Crippen LogP contribution in [0.1, 0.15) is 69.7 Å². The molecule has 3 atom stereocenters. The van der Waals surface area contributed by atoms with Gasteiger partial charge in [-0.25, -0.2) is 8.78 Å². The second kappa shape index (κ2) is 10.3. The zero-order valence-corrected chi connectivity index (χ0v) is 28.1. The number of aromatic amines is 2. The quantitative estimate of drug-likeness (QED) is 0.252. The molecule has 1 saturated carbocycles. The fourth-order valence-corrected chi connectivity index (χ4v) is 9.14. The van der Waals surface area contributed by atoms with Crippen LogP contribution in [-0.4, -0.2) is 104 Å². The molecule has 4 aromatic rings. The molecule has 11 nitrogen and oxygen atoms in total. The van der Waals surface area contributed by atoms with Crippen LogP contribution in [0.4, 0.5) is 14.6 Å². The first kappa shape index (κ1) is 30.7. The van der Waals surface area contributed by atoms with E-state index in [1.807, 2.05) is 4.90 Å². The smallest absolute Gasteiger partial charge is 0.318 e. The van der Waals surface area contributed by atoms with Gasteiger partial charge in [0.1, 0.15) is 35.6 Å². The predicted octanol–water partition coefficient (Wildman–Crippen LogP) is 5.20. The molecule has 2 aliphatic carbocycles. The number of benzene rings is 1. The van der Waals surface area contributed by atoms with Gasteiger partial charge < -0.3 is 19.5 Å². The van der Waals surface area contributed by atoms with Crippen LogP contribution in [0, 0.1) is 0 Å². The summed E-state index contributed by atoms with van der Waals surface area (Å²) in [4.78, 5) is 14.3. The minimum absolute atomic E-state index is 0.190. The number of hydrogen-bond acceptors (Lipinski definition) is 9. The third kappa shape index (κ3) is 4.53. The summed E-state index contributed by atoms with van der Waals surface area (Å²) in [6, 6.07) is 1.93. The van der Waals surface area contributed by atoms with E-state index >= 15 is 4.39 Å². The van der Waals surface area contributed by atoms with Crippen molar-refractivity contribution in [3.63, 3.8) is 0 Å². The summed E-state index contributed by atoms with van der Waals surface area (Å²) < 4.78 is 42.9. The van der Waals surface area contributed by atoms with Gasteiger partial charge in [-0.05, 0) is 59.1 Å². The lowest BCUT2D eigenvalue weighted by atomic mass is 9.82. The molecule has 3 aromatic heterocycles. The maximum Gasteiger partial charge on any atom is 0.318 e. The standard InChI is InChI=1S/C34H39ClF2N8O3/c1-31(2)25-26(22-19-13-38-41-21(19)11-20(35)24(22)34(37)6-7-34)42-43-27(25)23-28(31)39-30(40-29(23)44-9-10-47-16-32(3,46)15-44)48-17-33-5-4-8-45(33)14-18(36)12-33/h11,13,18,46H,4-10,12,14-17H2,1-3H3,(H,38,41)(H,42,43)/t18-,32+,33+/m1/s1. The Labute approximate surface area is 281 Å². The highest BCUT2D eigenvalue weighted by Crippen LogP contribution is 2.59. The average Bonchev–Trinajstić information content (AvgIpc) is 3.44. The van der Waals surface area contributed by atoms with Crippen LogP contribution in [0.5, 0.6) is 6.01 Å². The summed E-state index contributed by atoms with van der Waals surface area (Å²) in [6.45, 7) is 8.78. The van der Waals surface area contributed by atoms with Crippen molar-refractivity contribution in [1.29, 1.82) is 0 Å². The van der Waals surface area contributed by atoms with Crippen molar-refractivity contribution in [1.82, 2.24) is 35.3 Å². The van der Waals surface area contributed by atoms with E-state index in [2.05, 4.69) is 34.0 Å². The molecule has 9 rings (SSSR count). The topological polar surface area (TPSA) is 128 Å². The minimum Gasteiger partial charge on any atom is -0.461 e. The van der Waals surface area contributed by atoms with E-state index in [4.69, 9.17) is 36.1 Å². The molecule has 3 aliphatic heterocycles. The summed E-state index contributed by atoms with van der Waals surface area (Å²) in [6.07, 6.45) is 3.89. The summed E-state index contributed by atoms with van der Waals surface area (Å²) in [5, 5.41) is 27.7. The molecule has 48 heavy (non-hydrogen) atoms. The van der Waals surface area contributed by atoms with Crippen LogP contribution in [-0.2, 0) is 15.8 Å². The van der Waals surface area contributed by atoms with E-state index in [9.17, 15) is 9.50 Å². The van der Waals surface area contributed by atoms with Gasteiger partial charge in [0.05, 0.1) is 54.0 Å². The van der Waals surface area contributed by atoms with Crippen LogP contribution >= 0.6 is 11.6 Å². The number of rotatable bonds is 6. The molecular weight excluding hydrogens is 642 g/mol. The molecule has 4 fully saturated rings. The zero-order valence-electron chi connectivity index (χ0n) is 27.3. The van der Waals surface area contributed by atoms with E-state index < -0.39 is 22.9 Å². The summed E-state index contributed by atoms with van der Waals surface area (Å²) >= 11 is 6.81. The van der Waals surface area contributed by atoms with Gasteiger partial charge in [0.15, 0.2) is 0 Å². The first-order valence-electron chi connectivity index (χ1n) is 16.8. The second-order valence-corrected chi connectivity index (χ2v) is 15.6. The number of halogens is 3. The zero-order chi connectivity index (χ0) is 33.2. The number of nitrogens with one attached hydrogen (secondary N) is 2. The molecule has 254 valence electrons. The van der Waals surface area contributed by atoms with Crippen molar-refractivity contribution >= 4 is 28.3 Å². The van der Waals surface area contributed by atoms with Crippen molar-refractivity contribution < 1.29 is 23.4 Å². The minimum atomic E-state index is -1.54. The number of aliphatic hydroxyl groups is 1. The number of β-amino-alcohol motifs (C(OH)–C–C–N with tert-alkyl or cyclic N) is 1. The highest BCUT2D eigenvalue weighted by molar-refractivity contribution is 6.33. The predicted molar refractivity (Wildman–Crippen MR) is 176 cm³/mol. The molecule has 3 N–H and O–H groups in total. The lowest BCUT2D eigenvalue weighted by Gasteiger charge is -2.32. The molecule has 0 spiro atoms. The number of ether oxygens (including phenoxy) is 2. The number of alkyl halides is 2. The van der Waals surface area contributed by atoms with Crippen molar-refractivity contribution in [2.75, 3.05) is 50.9 Å². The van der Waals surface area contributed by atoms with Crippen LogP contribution in [0.15, 0.2) is 12.3 Å². The Bertz CT molecular complexity index is 1960. The van der Waals surface area contributed by atoms with Gasteiger partial charge >= 0.3 is 6.01 Å². The Morgan fingerprint density at radius 2 is 1.96 bits per heavy atom. The van der Waals surface area contributed by atoms with Crippen molar-refractivity contribution in [3.8, 4) is 28.5 Å². The molecule has 14 heteroatoms. The Balaban J connectivity index is 1.21. The number of hydrogen-bond donors (Lipinski definition) is 3. The molecule has 0 unspecified atom stereocenters. The Hall–Kier alpha value is -3.39. The average molecular weight is 681 g/mol. The number of aromatic nitrogens is 6. The van der Waals surface area contributed by atoms with Gasteiger partial charge in [0, 0.05) is 52.0 Å². The maximum atomic E-state index is 16.1. The fraction of sp³-hybridized carbons (Fsp3) is 0.588. The van der Waals surface area contributed by atoms with Crippen LogP contribution in [0.25, 0.3) is 33.4 Å². The first-order valence-corrected chi connectivity index (χ1v) is 17.2. The third-order valence-corrected chi connectivity index (χ3v) is 11.5.